The van der Waals surface area contributed by atoms with Crippen molar-refractivity contribution in [2.75, 3.05) is 11.3 Å². The SMILES string of the molecule is O=C1C[C@@H](c2ccc(S(=O)(=O)Nc3cccc(/C=C/c4ccncc4)c3)cc2)CN1. The first-order valence-corrected chi connectivity index (χ1v) is 11.1. The molecular weight excluding hydrogens is 398 g/mol. The number of hydrogen-bond acceptors (Lipinski definition) is 4. The quantitative estimate of drug-likeness (QED) is 0.638. The largest absolute Gasteiger partial charge is 0.355 e. The monoisotopic (exact) mass is 419 g/mol. The van der Waals surface area contributed by atoms with Gasteiger partial charge in [-0.2, -0.15) is 0 Å². The molecule has 1 aromatic heterocycles. The number of anilines is 1. The van der Waals surface area contributed by atoms with E-state index in [-0.39, 0.29) is 16.7 Å². The Morgan fingerprint density at radius 1 is 0.967 bits per heavy atom. The van der Waals surface area contributed by atoms with Crippen molar-refractivity contribution in [3.8, 4) is 0 Å². The van der Waals surface area contributed by atoms with Gasteiger partial charge in [-0.1, -0.05) is 36.4 Å². The highest BCUT2D eigenvalue weighted by Gasteiger charge is 2.23. The molecule has 7 heteroatoms. The summed E-state index contributed by atoms with van der Waals surface area (Å²) in [6.45, 7) is 0.586. The lowest BCUT2D eigenvalue weighted by Gasteiger charge is -2.11. The highest BCUT2D eigenvalue weighted by atomic mass is 32.2. The Hall–Kier alpha value is -3.45. The molecule has 30 heavy (non-hydrogen) atoms. The molecule has 1 fully saturated rings. The molecule has 2 aromatic carbocycles. The molecule has 0 radical (unpaired) electrons. The molecule has 4 rings (SSSR count). The maximum Gasteiger partial charge on any atom is 0.261 e. The Bertz CT molecular complexity index is 1170. The third kappa shape index (κ3) is 4.75. The fraction of sp³-hybridized carbons (Fsp3) is 0.130. The van der Waals surface area contributed by atoms with Gasteiger partial charge in [-0.05, 0) is 53.1 Å². The van der Waals surface area contributed by atoms with E-state index < -0.39 is 10.0 Å². The lowest BCUT2D eigenvalue weighted by Crippen LogP contribution is -2.14. The second-order valence-electron chi connectivity index (χ2n) is 7.12. The van der Waals surface area contributed by atoms with Crippen LogP contribution >= 0.6 is 0 Å². The summed E-state index contributed by atoms with van der Waals surface area (Å²) in [4.78, 5) is 15.6. The average molecular weight is 420 g/mol. The van der Waals surface area contributed by atoms with Gasteiger partial charge in [0.05, 0.1) is 4.90 Å². The molecule has 2 heterocycles. The minimum atomic E-state index is -3.71. The highest BCUT2D eigenvalue weighted by molar-refractivity contribution is 7.92. The first kappa shape index (κ1) is 19.8. The Morgan fingerprint density at radius 2 is 1.70 bits per heavy atom. The number of rotatable bonds is 6. The van der Waals surface area contributed by atoms with Crippen molar-refractivity contribution in [2.24, 2.45) is 0 Å². The van der Waals surface area contributed by atoms with Crippen LogP contribution in [-0.4, -0.2) is 25.9 Å². The average Bonchev–Trinajstić information content (AvgIpc) is 3.19. The van der Waals surface area contributed by atoms with Crippen LogP contribution in [0.15, 0.2) is 78.0 Å². The number of amides is 1. The molecular formula is C23H21N3O3S. The summed E-state index contributed by atoms with van der Waals surface area (Å²) in [5.41, 5.74) is 3.33. The molecule has 0 saturated carbocycles. The molecule has 1 atom stereocenters. The third-order valence-electron chi connectivity index (χ3n) is 4.95. The molecule has 1 aliphatic heterocycles. The van der Waals surface area contributed by atoms with Crippen molar-refractivity contribution in [1.82, 2.24) is 10.3 Å². The predicted octanol–water partition coefficient (Wildman–Crippen LogP) is 3.66. The number of hydrogen-bond donors (Lipinski definition) is 2. The number of carbonyl (C=O) groups excluding carboxylic acids is 1. The summed E-state index contributed by atoms with van der Waals surface area (Å²) in [6.07, 6.45) is 7.73. The van der Waals surface area contributed by atoms with Gasteiger partial charge in [0.15, 0.2) is 0 Å². The van der Waals surface area contributed by atoms with Gasteiger partial charge in [-0.3, -0.25) is 14.5 Å². The zero-order chi connectivity index (χ0) is 21.0. The lowest BCUT2D eigenvalue weighted by atomic mass is 9.99. The van der Waals surface area contributed by atoms with Gasteiger partial charge in [-0.15, -0.1) is 0 Å². The van der Waals surface area contributed by atoms with Crippen molar-refractivity contribution in [1.29, 1.82) is 0 Å². The summed E-state index contributed by atoms with van der Waals surface area (Å²) >= 11 is 0. The molecule has 1 aliphatic rings. The van der Waals surface area contributed by atoms with Crippen LogP contribution in [0, 0.1) is 0 Å². The summed E-state index contributed by atoms with van der Waals surface area (Å²) in [5.74, 6) is 0.113. The predicted molar refractivity (Wildman–Crippen MR) is 117 cm³/mol. The van der Waals surface area contributed by atoms with Crippen molar-refractivity contribution < 1.29 is 13.2 Å². The molecule has 2 N–H and O–H groups in total. The molecule has 1 saturated heterocycles. The zero-order valence-corrected chi connectivity index (χ0v) is 17.0. The standard InChI is InChI=1S/C23H21N3O3S/c27-23-15-20(16-25-23)19-6-8-22(9-7-19)30(28,29)26-21-3-1-2-18(14-21)5-4-17-10-12-24-13-11-17/h1-14,20,26H,15-16H2,(H,25,27)/b5-4+/t20-/m1/s1. The molecule has 3 aromatic rings. The van der Waals surface area contributed by atoms with Crippen LogP contribution in [0.5, 0.6) is 0 Å². The summed E-state index contributed by atoms with van der Waals surface area (Å²) in [5, 5.41) is 2.79. The first-order chi connectivity index (χ1) is 14.5. The van der Waals surface area contributed by atoms with Crippen molar-refractivity contribution in [2.45, 2.75) is 17.2 Å². The minimum absolute atomic E-state index is 0.0243. The van der Waals surface area contributed by atoms with Crippen LogP contribution in [0.3, 0.4) is 0 Å². The summed E-state index contributed by atoms with van der Waals surface area (Å²) in [7, 11) is -3.71. The second-order valence-corrected chi connectivity index (χ2v) is 8.80. The van der Waals surface area contributed by atoms with E-state index in [1.807, 2.05) is 30.4 Å². The number of sulfonamides is 1. The fourth-order valence-electron chi connectivity index (χ4n) is 3.35. The molecule has 1 amide bonds. The maximum atomic E-state index is 12.8. The smallest absolute Gasteiger partial charge is 0.261 e. The highest BCUT2D eigenvalue weighted by Crippen LogP contribution is 2.25. The molecule has 0 unspecified atom stereocenters. The van der Waals surface area contributed by atoms with Crippen molar-refractivity contribution in [3.63, 3.8) is 0 Å². The fourth-order valence-corrected chi connectivity index (χ4v) is 4.40. The van der Waals surface area contributed by atoms with Gasteiger partial charge in [0.25, 0.3) is 10.0 Å². The Labute approximate surface area is 175 Å². The van der Waals surface area contributed by atoms with Crippen molar-refractivity contribution in [3.05, 3.63) is 89.7 Å². The molecule has 0 bridgehead atoms. The number of pyridine rings is 1. The summed E-state index contributed by atoms with van der Waals surface area (Å²) < 4.78 is 28.2. The van der Waals surface area contributed by atoms with Crippen LogP contribution in [0.1, 0.15) is 29.0 Å². The van der Waals surface area contributed by atoms with Gasteiger partial charge in [0.1, 0.15) is 0 Å². The van der Waals surface area contributed by atoms with E-state index in [4.69, 9.17) is 0 Å². The molecule has 0 aliphatic carbocycles. The number of benzene rings is 2. The van der Waals surface area contributed by atoms with Gasteiger partial charge in [0.2, 0.25) is 5.91 Å². The van der Waals surface area contributed by atoms with E-state index in [1.54, 1.807) is 54.9 Å². The molecule has 0 spiro atoms. The van der Waals surface area contributed by atoms with Crippen LogP contribution in [0.4, 0.5) is 5.69 Å². The molecule has 152 valence electrons. The van der Waals surface area contributed by atoms with Gasteiger partial charge in [-0.25, -0.2) is 8.42 Å². The first-order valence-electron chi connectivity index (χ1n) is 9.57. The number of aromatic nitrogens is 1. The zero-order valence-electron chi connectivity index (χ0n) is 16.2. The van der Waals surface area contributed by atoms with E-state index >= 15 is 0 Å². The number of carbonyl (C=O) groups is 1. The second kappa shape index (κ2) is 8.51. The van der Waals surface area contributed by atoms with Crippen LogP contribution in [0.25, 0.3) is 12.2 Å². The Morgan fingerprint density at radius 3 is 2.40 bits per heavy atom. The van der Waals surface area contributed by atoms with Crippen LogP contribution in [-0.2, 0) is 14.8 Å². The van der Waals surface area contributed by atoms with E-state index in [1.165, 1.54) is 0 Å². The summed E-state index contributed by atoms with van der Waals surface area (Å²) in [6, 6.07) is 17.7. The third-order valence-corrected chi connectivity index (χ3v) is 6.35. The number of nitrogens with zero attached hydrogens (tertiary/aromatic N) is 1. The van der Waals surface area contributed by atoms with Crippen molar-refractivity contribution >= 4 is 33.8 Å². The van der Waals surface area contributed by atoms with E-state index in [0.29, 0.717) is 18.7 Å². The van der Waals surface area contributed by atoms with E-state index in [0.717, 1.165) is 16.7 Å². The Kier molecular flexibility index (Phi) is 5.63. The lowest BCUT2D eigenvalue weighted by molar-refractivity contribution is -0.119. The van der Waals surface area contributed by atoms with Crippen LogP contribution < -0.4 is 10.0 Å². The topological polar surface area (TPSA) is 88.2 Å². The maximum absolute atomic E-state index is 12.8. The van der Waals surface area contributed by atoms with Gasteiger partial charge >= 0.3 is 0 Å². The number of nitrogens with one attached hydrogen (secondary N) is 2. The molecule has 6 nitrogen and oxygen atoms in total. The van der Waals surface area contributed by atoms with Gasteiger partial charge < -0.3 is 5.32 Å². The Balaban J connectivity index is 1.48. The normalized spacial score (nSPS) is 16.5. The van der Waals surface area contributed by atoms with Crippen LogP contribution in [0.2, 0.25) is 0 Å². The van der Waals surface area contributed by atoms with Gasteiger partial charge in [0, 0.05) is 37.0 Å². The van der Waals surface area contributed by atoms with E-state index in [2.05, 4.69) is 15.0 Å². The van der Waals surface area contributed by atoms with E-state index in [9.17, 15) is 13.2 Å². The minimum Gasteiger partial charge on any atom is -0.355 e.